The molecule has 0 bridgehead atoms. The van der Waals surface area contributed by atoms with Crippen LogP contribution in [0.3, 0.4) is 0 Å². The highest BCUT2D eigenvalue weighted by Crippen LogP contribution is 2.23. The van der Waals surface area contributed by atoms with Gasteiger partial charge in [0.1, 0.15) is 11.6 Å². The molecule has 0 saturated carbocycles. The maximum absolute atomic E-state index is 6.01. The van der Waals surface area contributed by atoms with E-state index in [0.29, 0.717) is 12.4 Å². The summed E-state index contributed by atoms with van der Waals surface area (Å²) in [6, 6.07) is 7.84. The lowest BCUT2D eigenvalue weighted by atomic mass is 10.1. The van der Waals surface area contributed by atoms with Gasteiger partial charge in [0.15, 0.2) is 0 Å². The van der Waals surface area contributed by atoms with Crippen LogP contribution in [0.1, 0.15) is 32.3 Å². The second-order valence-electron chi connectivity index (χ2n) is 5.68. The van der Waals surface area contributed by atoms with Crippen molar-refractivity contribution in [3.8, 4) is 5.75 Å². The molecule has 1 heterocycles. The van der Waals surface area contributed by atoms with E-state index in [1.807, 2.05) is 24.3 Å². The number of benzene rings is 1. The molecule has 0 aliphatic heterocycles. The third kappa shape index (κ3) is 4.33. The first kappa shape index (κ1) is 15.6. The van der Waals surface area contributed by atoms with Crippen molar-refractivity contribution >= 4 is 16.7 Å². The molecule has 2 aromatic rings. The zero-order valence-electron chi connectivity index (χ0n) is 13.1. The molecule has 1 aromatic heterocycles. The predicted molar refractivity (Wildman–Crippen MR) is 86.4 cm³/mol. The molecule has 21 heavy (non-hydrogen) atoms. The van der Waals surface area contributed by atoms with Gasteiger partial charge in [0.2, 0.25) is 0 Å². The van der Waals surface area contributed by atoms with Crippen LogP contribution < -0.4 is 10.5 Å². The summed E-state index contributed by atoms with van der Waals surface area (Å²) >= 11 is 0. The van der Waals surface area contributed by atoms with Gasteiger partial charge in [-0.05, 0) is 37.0 Å². The van der Waals surface area contributed by atoms with E-state index in [-0.39, 0.29) is 0 Å². The number of pyridine rings is 1. The summed E-state index contributed by atoms with van der Waals surface area (Å²) in [6.45, 7) is 5.72. The number of nitrogens with zero attached hydrogens (tertiary/aromatic N) is 1. The van der Waals surface area contributed by atoms with Gasteiger partial charge in [0.25, 0.3) is 0 Å². The number of hydrogen-bond acceptors (Lipinski definition) is 4. The average molecular weight is 288 g/mol. The summed E-state index contributed by atoms with van der Waals surface area (Å²) < 4.78 is 10.9. The van der Waals surface area contributed by atoms with E-state index >= 15 is 0 Å². The fraction of sp³-hybridized carbons (Fsp3) is 0.471. The third-order valence-corrected chi connectivity index (χ3v) is 3.46. The van der Waals surface area contributed by atoms with Crippen molar-refractivity contribution in [3.63, 3.8) is 0 Å². The number of fused-ring (bicyclic) bond motifs is 1. The summed E-state index contributed by atoms with van der Waals surface area (Å²) in [6.07, 6.45) is 2.26. The van der Waals surface area contributed by atoms with Gasteiger partial charge in [-0.2, -0.15) is 0 Å². The zero-order valence-corrected chi connectivity index (χ0v) is 13.1. The number of nitrogen functional groups attached to an aromatic ring is 1. The lowest BCUT2D eigenvalue weighted by Crippen LogP contribution is -2.03. The Labute approximate surface area is 126 Å². The highest BCUT2D eigenvalue weighted by molar-refractivity contribution is 5.82. The molecule has 0 aliphatic carbocycles. The fourth-order valence-electron chi connectivity index (χ4n) is 2.22. The van der Waals surface area contributed by atoms with E-state index in [4.69, 9.17) is 15.2 Å². The molecule has 0 saturated heterocycles. The number of aromatic nitrogens is 1. The van der Waals surface area contributed by atoms with Gasteiger partial charge in [-0.25, -0.2) is 4.98 Å². The monoisotopic (exact) mass is 288 g/mol. The Morgan fingerprint density at radius 2 is 2.05 bits per heavy atom. The van der Waals surface area contributed by atoms with Crippen LogP contribution in [0.15, 0.2) is 24.3 Å². The summed E-state index contributed by atoms with van der Waals surface area (Å²) in [5.41, 5.74) is 7.79. The maximum Gasteiger partial charge on any atom is 0.129 e. The first-order chi connectivity index (χ1) is 10.1. The van der Waals surface area contributed by atoms with Gasteiger partial charge in [-0.3, -0.25) is 0 Å². The van der Waals surface area contributed by atoms with Crippen molar-refractivity contribution < 1.29 is 9.47 Å². The van der Waals surface area contributed by atoms with Crippen LogP contribution in [-0.2, 0) is 11.3 Å². The number of nitrogens with two attached hydrogens (primary N) is 1. The SMILES string of the molecule is COc1ccc2cc(COCCCC(C)C)c(N)nc2c1. The van der Waals surface area contributed by atoms with Crippen LogP contribution in [0.2, 0.25) is 0 Å². The molecule has 0 unspecified atom stereocenters. The second-order valence-corrected chi connectivity index (χ2v) is 5.68. The van der Waals surface area contributed by atoms with E-state index in [1.165, 1.54) is 6.42 Å². The molecule has 114 valence electrons. The smallest absolute Gasteiger partial charge is 0.129 e. The quantitative estimate of drug-likeness (QED) is 0.788. The maximum atomic E-state index is 6.01. The third-order valence-electron chi connectivity index (χ3n) is 3.46. The Morgan fingerprint density at radius 3 is 2.76 bits per heavy atom. The predicted octanol–water partition coefficient (Wildman–Crippen LogP) is 3.78. The molecule has 0 atom stereocenters. The number of anilines is 1. The van der Waals surface area contributed by atoms with Crippen molar-refractivity contribution in [2.24, 2.45) is 5.92 Å². The van der Waals surface area contributed by atoms with Crippen molar-refractivity contribution in [1.29, 1.82) is 0 Å². The second kappa shape index (κ2) is 7.27. The minimum absolute atomic E-state index is 0.513. The van der Waals surface area contributed by atoms with Crippen LogP contribution in [-0.4, -0.2) is 18.7 Å². The largest absolute Gasteiger partial charge is 0.497 e. The van der Waals surface area contributed by atoms with Gasteiger partial charge >= 0.3 is 0 Å². The van der Waals surface area contributed by atoms with E-state index in [1.54, 1.807) is 7.11 Å². The van der Waals surface area contributed by atoms with E-state index in [0.717, 1.165) is 41.2 Å². The Morgan fingerprint density at radius 1 is 1.24 bits per heavy atom. The molecule has 0 fully saturated rings. The number of rotatable bonds is 7. The van der Waals surface area contributed by atoms with Crippen LogP contribution in [0, 0.1) is 5.92 Å². The van der Waals surface area contributed by atoms with Gasteiger partial charge in [-0.1, -0.05) is 13.8 Å². The van der Waals surface area contributed by atoms with Gasteiger partial charge in [-0.15, -0.1) is 0 Å². The Bertz CT molecular complexity index is 597. The summed E-state index contributed by atoms with van der Waals surface area (Å²) in [5, 5.41) is 1.05. The molecule has 0 radical (unpaired) electrons. The van der Waals surface area contributed by atoms with E-state index < -0.39 is 0 Å². The van der Waals surface area contributed by atoms with Crippen LogP contribution >= 0.6 is 0 Å². The van der Waals surface area contributed by atoms with Crippen LogP contribution in [0.4, 0.5) is 5.82 Å². The van der Waals surface area contributed by atoms with Crippen LogP contribution in [0.5, 0.6) is 5.75 Å². The normalized spacial score (nSPS) is 11.2. The number of hydrogen-bond donors (Lipinski definition) is 1. The molecule has 0 amide bonds. The molecule has 2 rings (SSSR count). The first-order valence-corrected chi connectivity index (χ1v) is 7.41. The Balaban J connectivity index is 2.01. The average Bonchev–Trinajstić information content (AvgIpc) is 2.46. The van der Waals surface area contributed by atoms with E-state index in [2.05, 4.69) is 18.8 Å². The highest BCUT2D eigenvalue weighted by atomic mass is 16.5. The molecule has 4 heteroatoms. The summed E-state index contributed by atoms with van der Waals surface area (Å²) in [4.78, 5) is 4.43. The molecule has 2 N–H and O–H groups in total. The fourth-order valence-corrected chi connectivity index (χ4v) is 2.22. The van der Waals surface area contributed by atoms with Crippen molar-refractivity contribution in [2.45, 2.75) is 33.3 Å². The lowest BCUT2D eigenvalue weighted by Gasteiger charge is -2.10. The van der Waals surface area contributed by atoms with E-state index in [9.17, 15) is 0 Å². The van der Waals surface area contributed by atoms with Crippen molar-refractivity contribution in [3.05, 3.63) is 29.8 Å². The molecule has 0 spiro atoms. The van der Waals surface area contributed by atoms with Crippen LogP contribution in [0.25, 0.3) is 10.9 Å². The molecule has 4 nitrogen and oxygen atoms in total. The van der Waals surface area contributed by atoms with Crippen molar-refractivity contribution in [1.82, 2.24) is 4.98 Å². The molecular formula is C17H24N2O2. The van der Waals surface area contributed by atoms with Gasteiger partial charge < -0.3 is 15.2 Å². The van der Waals surface area contributed by atoms with Gasteiger partial charge in [0.05, 0.1) is 19.2 Å². The van der Waals surface area contributed by atoms with Gasteiger partial charge in [0, 0.05) is 23.6 Å². The molecular weight excluding hydrogens is 264 g/mol. The first-order valence-electron chi connectivity index (χ1n) is 7.41. The molecule has 1 aromatic carbocycles. The lowest BCUT2D eigenvalue weighted by molar-refractivity contribution is 0.115. The standard InChI is InChI=1S/C17H24N2O2/c1-12(2)5-4-8-21-11-14-9-13-6-7-15(20-3)10-16(13)19-17(14)18/h6-7,9-10,12H,4-5,8,11H2,1-3H3,(H2,18,19). The topological polar surface area (TPSA) is 57.4 Å². The highest BCUT2D eigenvalue weighted by Gasteiger charge is 2.06. The summed E-state index contributed by atoms with van der Waals surface area (Å²) in [5.74, 6) is 2.03. The zero-order chi connectivity index (χ0) is 15.2. The number of methoxy groups -OCH3 is 1. The Kier molecular flexibility index (Phi) is 5.39. The summed E-state index contributed by atoms with van der Waals surface area (Å²) in [7, 11) is 1.64. The van der Waals surface area contributed by atoms with Crippen molar-refractivity contribution in [2.75, 3.05) is 19.5 Å². The minimum atomic E-state index is 0.513. The molecule has 0 aliphatic rings. The Hall–Kier alpha value is -1.81. The minimum Gasteiger partial charge on any atom is -0.497 e. The number of ether oxygens (including phenoxy) is 2.